The summed E-state index contributed by atoms with van der Waals surface area (Å²) in [5.74, 6) is 1.79. The van der Waals surface area contributed by atoms with Gasteiger partial charge in [-0.1, -0.05) is 50.2 Å². The predicted octanol–water partition coefficient (Wildman–Crippen LogP) is 5.55. The van der Waals surface area contributed by atoms with Gasteiger partial charge in [0.1, 0.15) is 5.82 Å². The van der Waals surface area contributed by atoms with Crippen LogP contribution in [0, 0.1) is 10.8 Å². The molecule has 3 rings (SSSR count). The lowest BCUT2D eigenvalue weighted by Gasteiger charge is -2.21. The van der Waals surface area contributed by atoms with Gasteiger partial charge in [0.2, 0.25) is 5.95 Å². The first kappa shape index (κ1) is 27.3. The fraction of sp³-hybridized carbons (Fsp3) is 0.500. The van der Waals surface area contributed by atoms with Gasteiger partial charge in [-0.25, -0.2) is 9.82 Å². The average molecular weight is 514 g/mol. The molecule has 1 amide bonds. The zero-order valence-corrected chi connectivity index (χ0v) is 22.6. The van der Waals surface area contributed by atoms with Crippen LogP contribution in [0.4, 0.5) is 16.8 Å². The SMILES string of the molecule is CCC(CCCC(CC)Nc1nc(N(C)C)c2ccccc2n1)CNC(=O)c1ccc([N+](=O)OC)s1. The van der Waals surface area contributed by atoms with E-state index < -0.39 is 0 Å². The normalized spacial score (nSPS) is 12.7. The minimum Gasteiger partial charge on any atom is -0.362 e. The quantitative estimate of drug-likeness (QED) is 0.273. The molecular formula is C26H37N6O3S+. The minimum atomic E-state index is -0.160. The van der Waals surface area contributed by atoms with Gasteiger partial charge >= 0.3 is 5.00 Å². The van der Waals surface area contributed by atoms with Gasteiger partial charge in [0.05, 0.1) is 15.3 Å². The number of nitrogens with one attached hydrogen (secondary N) is 2. The topological polar surface area (TPSA) is 99.5 Å². The number of anilines is 2. The van der Waals surface area contributed by atoms with E-state index in [1.807, 2.05) is 43.3 Å². The van der Waals surface area contributed by atoms with Crippen molar-refractivity contribution in [3.8, 4) is 0 Å². The van der Waals surface area contributed by atoms with E-state index in [2.05, 4.69) is 29.3 Å². The van der Waals surface area contributed by atoms with Crippen molar-refractivity contribution in [1.29, 1.82) is 0 Å². The highest BCUT2D eigenvalue weighted by atomic mass is 32.1. The molecule has 2 atom stereocenters. The second-order valence-corrected chi connectivity index (χ2v) is 10.1. The molecule has 2 aromatic heterocycles. The Morgan fingerprint density at radius 3 is 2.58 bits per heavy atom. The molecule has 2 heterocycles. The number of fused-ring (bicyclic) bond motifs is 1. The lowest BCUT2D eigenvalue weighted by Crippen LogP contribution is -2.29. The zero-order chi connectivity index (χ0) is 26.1. The fourth-order valence-electron chi connectivity index (χ4n) is 4.09. The molecule has 3 aromatic rings. The lowest BCUT2D eigenvalue weighted by molar-refractivity contribution is -0.734. The second kappa shape index (κ2) is 13.2. The third-order valence-electron chi connectivity index (χ3n) is 6.29. The van der Waals surface area contributed by atoms with Crippen molar-refractivity contribution in [3.05, 3.63) is 46.2 Å². The summed E-state index contributed by atoms with van der Waals surface area (Å²) >= 11 is 1.12. The summed E-state index contributed by atoms with van der Waals surface area (Å²) in [6, 6.07) is 11.6. The van der Waals surface area contributed by atoms with Crippen LogP contribution in [0.15, 0.2) is 36.4 Å². The highest BCUT2D eigenvalue weighted by Gasteiger charge is 2.21. The molecule has 0 fully saturated rings. The number of hydrogen-bond donors (Lipinski definition) is 2. The highest BCUT2D eigenvalue weighted by Crippen LogP contribution is 2.26. The number of para-hydroxylation sites is 1. The summed E-state index contributed by atoms with van der Waals surface area (Å²) < 4.78 is 0. The van der Waals surface area contributed by atoms with E-state index in [0.29, 0.717) is 33.2 Å². The van der Waals surface area contributed by atoms with E-state index in [9.17, 15) is 9.70 Å². The van der Waals surface area contributed by atoms with Crippen molar-refractivity contribution in [1.82, 2.24) is 15.3 Å². The van der Waals surface area contributed by atoms with Gasteiger partial charge in [-0.3, -0.25) is 4.79 Å². The highest BCUT2D eigenvalue weighted by molar-refractivity contribution is 7.17. The summed E-state index contributed by atoms with van der Waals surface area (Å²) in [5, 5.41) is 7.94. The van der Waals surface area contributed by atoms with Gasteiger partial charge < -0.3 is 15.5 Å². The van der Waals surface area contributed by atoms with Crippen LogP contribution in [0.5, 0.6) is 0 Å². The van der Waals surface area contributed by atoms with Gasteiger partial charge in [0, 0.05) is 38.1 Å². The van der Waals surface area contributed by atoms with Crippen molar-refractivity contribution in [3.63, 3.8) is 0 Å². The maximum absolute atomic E-state index is 12.5. The number of carbonyl (C=O) groups is 1. The van der Waals surface area contributed by atoms with Gasteiger partial charge in [0.25, 0.3) is 10.8 Å². The number of amides is 1. The van der Waals surface area contributed by atoms with Gasteiger partial charge in [0.15, 0.2) is 7.11 Å². The first-order valence-corrected chi connectivity index (χ1v) is 13.3. The number of rotatable bonds is 14. The molecule has 0 aliphatic rings. The van der Waals surface area contributed by atoms with Crippen molar-refractivity contribution in [2.24, 2.45) is 5.92 Å². The van der Waals surface area contributed by atoms with Crippen molar-refractivity contribution < 1.29 is 14.6 Å². The molecule has 10 heteroatoms. The molecule has 0 aliphatic heterocycles. The van der Waals surface area contributed by atoms with E-state index in [0.717, 1.165) is 60.2 Å². The van der Waals surface area contributed by atoms with Crippen LogP contribution in [0.25, 0.3) is 10.9 Å². The van der Waals surface area contributed by atoms with Crippen molar-refractivity contribution in [2.75, 3.05) is 38.0 Å². The molecule has 0 spiro atoms. The summed E-state index contributed by atoms with van der Waals surface area (Å²) in [4.78, 5) is 41.1. The lowest BCUT2D eigenvalue weighted by atomic mass is 9.96. The summed E-state index contributed by atoms with van der Waals surface area (Å²) in [6.45, 7) is 4.93. The fourth-order valence-corrected chi connectivity index (χ4v) is 4.90. The molecule has 2 N–H and O–H groups in total. The standard InChI is InChI=1S/C26H36N6O3S/c1-6-18(17-27-25(33)22-15-16-23(36-22)32(34)35-5)11-10-12-19(7-2)28-26-29-21-14-9-8-13-20(21)24(30-26)31(3)4/h8-9,13-16,18-19H,6-7,10-12,17H2,1-5H3,(H-,27,28,29,30,33)/p+1. The number of benzene rings is 1. The Bertz CT molecular complexity index is 1170. The minimum absolute atomic E-state index is 0.160. The number of hydrogen-bond acceptors (Lipinski definition) is 8. The van der Waals surface area contributed by atoms with Crippen LogP contribution in [-0.2, 0) is 4.84 Å². The molecule has 0 aliphatic carbocycles. The third-order valence-corrected chi connectivity index (χ3v) is 7.32. The van der Waals surface area contributed by atoms with Crippen LogP contribution in [0.1, 0.15) is 55.6 Å². The van der Waals surface area contributed by atoms with E-state index in [4.69, 9.17) is 9.97 Å². The Balaban J connectivity index is 1.51. The predicted molar refractivity (Wildman–Crippen MR) is 146 cm³/mol. The van der Waals surface area contributed by atoms with E-state index in [1.165, 1.54) is 7.11 Å². The molecule has 194 valence electrons. The number of carbonyl (C=O) groups excluding carboxylic acids is 1. The van der Waals surface area contributed by atoms with E-state index in [-0.39, 0.29) is 11.9 Å². The number of aromatic nitrogens is 2. The van der Waals surface area contributed by atoms with Gasteiger partial charge in [-0.15, -0.1) is 0 Å². The average Bonchev–Trinajstić information content (AvgIpc) is 3.39. The molecular weight excluding hydrogens is 476 g/mol. The molecule has 0 bridgehead atoms. The first-order valence-electron chi connectivity index (χ1n) is 12.5. The maximum Gasteiger partial charge on any atom is 0.372 e. The molecule has 36 heavy (non-hydrogen) atoms. The number of nitrogens with zero attached hydrogens (tertiary/aromatic N) is 4. The summed E-state index contributed by atoms with van der Waals surface area (Å²) in [6.07, 6.45) is 5.01. The first-order chi connectivity index (χ1) is 17.4. The molecule has 0 radical (unpaired) electrons. The Kier molecular flexibility index (Phi) is 9.98. The van der Waals surface area contributed by atoms with Crippen molar-refractivity contribution in [2.45, 2.75) is 52.0 Å². The van der Waals surface area contributed by atoms with Crippen LogP contribution in [0.2, 0.25) is 0 Å². The van der Waals surface area contributed by atoms with Gasteiger partial charge in [-0.2, -0.15) is 4.98 Å². The molecule has 2 unspecified atom stereocenters. The smallest absolute Gasteiger partial charge is 0.362 e. The van der Waals surface area contributed by atoms with Gasteiger partial charge in [-0.05, 0) is 43.4 Å². The maximum atomic E-state index is 12.5. The monoisotopic (exact) mass is 513 g/mol. The van der Waals surface area contributed by atoms with E-state index in [1.54, 1.807) is 12.1 Å². The van der Waals surface area contributed by atoms with Crippen LogP contribution in [-0.4, -0.2) is 54.6 Å². The van der Waals surface area contributed by atoms with Crippen LogP contribution in [0.3, 0.4) is 0 Å². The van der Waals surface area contributed by atoms with E-state index >= 15 is 0 Å². The Labute approximate surface area is 216 Å². The largest absolute Gasteiger partial charge is 0.372 e. The Morgan fingerprint density at radius 1 is 1.11 bits per heavy atom. The summed E-state index contributed by atoms with van der Waals surface area (Å²) in [5.41, 5.74) is 0.929. The molecule has 0 saturated carbocycles. The Hall–Kier alpha value is -3.27. The van der Waals surface area contributed by atoms with Crippen molar-refractivity contribution >= 4 is 44.9 Å². The molecule has 9 nitrogen and oxygen atoms in total. The van der Waals surface area contributed by atoms with Crippen LogP contribution < -0.4 is 15.5 Å². The molecule has 0 saturated heterocycles. The van der Waals surface area contributed by atoms with Crippen LogP contribution >= 0.6 is 11.3 Å². The zero-order valence-electron chi connectivity index (χ0n) is 21.8. The number of thiophene rings is 1. The summed E-state index contributed by atoms with van der Waals surface area (Å²) in [7, 11) is 5.29. The third kappa shape index (κ3) is 7.13. The second-order valence-electron chi connectivity index (χ2n) is 9.02. The molecule has 1 aromatic carbocycles. The Morgan fingerprint density at radius 2 is 1.89 bits per heavy atom.